The molecule has 26 heavy (non-hydrogen) atoms. The van der Waals surface area contributed by atoms with Crippen molar-refractivity contribution in [2.45, 2.75) is 26.2 Å². The quantitative estimate of drug-likeness (QED) is 0.686. The third kappa shape index (κ3) is 3.80. The van der Waals surface area contributed by atoms with E-state index < -0.39 is 0 Å². The lowest BCUT2D eigenvalue weighted by atomic mass is 10.1. The van der Waals surface area contributed by atoms with Gasteiger partial charge in [-0.2, -0.15) is 0 Å². The molecule has 1 aliphatic rings. The van der Waals surface area contributed by atoms with Gasteiger partial charge in [0, 0.05) is 18.1 Å². The lowest BCUT2D eigenvalue weighted by Crippen LogP contribution is -2.23. The average molecular weight is 369 g/mol. The van der Waals surface area contributed by atoms with E-state index in [2.05, 4.69) is 46.4 Å². The van der Waals surface area contributed by atoms with Crippen molar-refractivity contribution in [2.75, 3.05) is 13.2 Å². The molecule has 1 saturated heterocycles. The standard InChI is InChI=1S/C20H21ClN4O/c1-15-5-4-6-16(11-15)12-24-9-10-26-20(24)19-14-25(23-22-19)13-17-7-2-3-8-18(17)21/h2-8,11,14,20H,9-10,12-13H2,1H3/t20-/m1/s1. The third-order valence-corrected chi connectivity index (χ3v) is 4.92. The minimum absolute atomic E-state index is 0.157. The number of nitrogens with zero attached hydrogens (tertiary/aromatic N) is 4. The van der Waals surface area contributed by atoms with E-state index in [0.29, 0.717) is 13.2 Å². The van der Waals surface area contributed by atoms with Gasteiger partial charge in [0.2, 0.25) is 0 Å². The molecule has 0 unspecified atom stereocenters. The predicted molar refractivity (Wildman–Crippen MR) is 101 cm³/mol. The van der Waals surface area contributed by atoms with Gasteiger partial charge in [0.1, 0.15) is 5.69 Å². The van der Waals surface area contributed by atoms with Crippen molar-refractivity contribution < 1.29 is 4.74 Å². The summed E-state index contributed by atoms with van der Waals surface area (Å²) in [5.41, 5.74) is 4.41. The smallest absolute Gasteiger partial charge is 0.157 e. The molecule has 134 valence electrons. The Morgan fingerprint density at radius 2 is 2.04 bits per heavy atom. The van der Waals surface area contributed by atoms with Crippen LogP contribution in [0, 0.1) is 6.92 Å². The Hall–Kier alpha value is -2.21. The van der Waals surface area contributed by atoms with Crippen LogP contribution in [0.15, 0.2) is 54.7 Å². The fourth-order valence-corrected chi connectivity index (χ4v) is 3.48. The summed E-state index contributed by atoms with van der Waals surface area (Å²) in [5.74, 6) is 0. The topological polar surface area (TPSA) is 43.2 Å². The van der Waals surface area contributed by atoms with E-state index in [0.717, 1.165) is 29.4 Å². The van der Waals surface area contributed by atoms with Crippen LogP contribution in [0.3, 0.4) is 0 Å². The second-order valence-electron chi connectivity index (χ2n) is 6.62. The van der Waals surface area contributed by atoms with E-state index in [9.17, 15) is 0 Å². The fourth-order valence-electron chi connectivity index (χ4n) is 3.29. The summed E-state index contributed by atoms with van der Waals surface area (Å²) in [6.45, 7) is 5.13. The van der Waals surface area contributed by atoms with Crippen molar-refractivity contribution in [1.29, 1.82) is 0 Å². The van der Waals surface area contributed by atoms with Crippen LogP contribution in [-0.2, 0) is 17.8 Å². The van der Waals surface area contributed by atoms with Gasteiger partial charge in [-0.15, -0.1) is 5.10 Å². The minimum atomic E-state index is -0.157. The summed E-state index contributed by atoms with van der Waals surface area (Å²) < 4.78 is 7.73. The van der Waals surface area contributed by atoms with Crippen molar-refractivity contribution in [3.63, 3.8) is 0 Å². The molecule has 5 nitrogen and oxygen atoms in total. The highest BCUT2D eigenvalue weighted by Crippen LogP contribution is 2.27. The van der Waals surface area contributed by atoms with E-state index in [1.165, 1.54) is 11.1 Å². The zero-order valence-corrected chi connectivity index (χ0v) is 15.4. The molecular weight excluding hydrogens is 348 g/mol. The first-order valence-corrected chi connectivity index (χ1v) is 9.11. The molecule has 0 N–H and O–H groups in total. The van der Waals surface area contributed by atoms with Gasteiger partial charge in [-0.1, -0.05) is 64.8 Å². The third-order valence-electron chi connectivity index (χ3n) is 4.55. The summed E-state index contributed by atoms with van der Waals surface area (Å²) in [6.07, 6.45) is 1.79. The second kappa shape index (κ2) is 7.58. The van der Waals surface area contributed by atoms with Crippen LogP contribution in [0.1, 0.15) is 28.6 Å². The van der Waals surface area contributed by atoms with Gasteiger partial charge in [-0.3, -0.25) is 4.90 Å². The SMILES string of the molecule is Cc1cccc(CN2CCO[C@@H]2c2cn(Cc3ccccc3Cl)nn2)c1. The first kappa shape index (κ1) is 17.2. The number of benzene rings is 2. The maximum Gasteiger partial charge on any atom is 0.157 e. The molecule has 0 saturated carbocycles. The number of hydrogen-bond acceptors (Lipinski definition) is 4. The predicted octanol–water partition coefficient (Wildman–Crippen LogP) is 3.82. The van der Waals surface area contributed by atoms with Gasteiger partial charge in [-0.05, 0) is 24.1 Å². The summed E-state index contributed by atoms with van der Waals surface area (Å²) in [4.78, 5) is 2.29. The highest BCUT2D eigenvalue weighted by atomic mass is 35.5. The normalized spacial score (nSPS) is 17.7. The van der Waals surface area contributed by atoms with Crippen LogP contribution in [0.2, 0.25) is 5.02 Å². The summed E-state index contributed by atoms with van der Waals surface area (Å²) in [5, 5.41) is 9.33. The van der Waals surface area contributed by atoms with Crippen LogP contribution in [-0.4, -0.2) is 33.0 Å². The molecule has 1 aliphatic heterocycles. The number of aryl methyl sites for hydroxylation is 1. The van der Waals surface area contributed by atoms with Crippen LogP contribution in [0.4, 0.5) is 0 Å². The molecular formula is C20H21ClN4O. The summed E-state index contributed by atoms with van der Waals surface area (Å²) in [7, 11) is 0. The van der Waals surface area contributed by atoms with Crippen molar-refractivity contribution in [3.05, 3.63) is 82.1 Å². The van der Waals surface area contributed by atoms with Gasteiger partial charge < -0.3 is 4.74 Å². The van der Waals surface area contributed by atoms with Gasteiger partial charge in [-0.25, -0.2) is 4.68 Å². The zero-order valence-electron chi connectivity index (χ0n) is 14.7. The summed E-state index contributed by atoms with van der Waals surface area (Å²) in [6, 6.07) is 16.4. The Labute approximate surface area is 158 Å². The number of halogens is 1. The lowest BCUT2D eigenvalue weighted by molar-refractivity contribution is 0.0252. The molecule has 4 rings (SSSR count). The van der Waals surface area contributed by atoms with Gasteiger partial charge in [0.15, 0.2) is 6.23 Å². The first-order valence-electron chi connectivity index (χ1n) is 8.74. The highest BCUT2D eigenvalue weighted by molar-refractivity contribution is 6.31. The Balaban J connectivity index is 1.48. The molecule has 1 fully saturated rings. The van der Waals surface area contributed by atoms with E-state index in [-0.39, 0.29) is 6.23 Å². The van der Waals surface area contributed by atoms with Gasteiger partial charge in [0.05, 0.1) is 19.3 Å². The second-order valence-corrected chi connectivity index (χ2v) is 7.02. The Morgan fingerprint density at radius 1 is 1.15 bits per heavy atom. The number of hydrogen-bond donors (Lipinski definition) is 0. The van der Waals surface area contributed by atoms with Crippen molar-refractivity contribution in [3.8, 4) is 0 Å². The highest BCUT2D eigenvalue weighted by Gasteiger charge is 2.29. The molecule has 6 heteroatoms. The summed E-state index contributed by atoms with van der Waals surface area (Å²) >= 11 is 6.24. The fraction of sp³-hybridized carbons (Fsp3) is 0.300. The molecule has 2 heterocycles. The largest absolute Gasteiger partial charge is 0.356 e. The van der Waals surface area contributed by atoms with Crippen LogP contribution >= 0.6 is 11.6 Å². The first-order chi connectivity index (χ1) is 12.7. The number of aromatic nitrogens is 3. The van der Waals surface area contributed by atoms with Crippen LogP contribution in [0.5, 0.6) is 0 Å². The lowest BCUT2D eigenvalue weighted by Gasteiger charge is -2.21. The van der Waals surface area contributed by atoms with Gasteiger partial charge >= 0.3 is 0 Å². The maximum atomic E-state index is 6.24. The van der Waals surface area contributed by atoms with Crippen molar-refractivity contribution in [1.82, 2.24) is 19.9 Å². The number of ether oxygens (including phenoxy) is 1. The minimum Gasteiger partial charge on any atom is -0.356 e. The molecule has 0 spiro atoms. The zero-order chi connectivity index (χ0) is 17.9. The molecule has 0 aliphatic carbocycles. The van der Waals surface area contributed by atoms with E-state index in [1.54, 1.807) is 0 Å². The maximum absolute atomic E-state index is 6.24. The van der Waals surface area contributed by atoms with E-state index in [4.69, 9.17) is 16.3 Å². The van der Waals surface area contributed by atoms with Crippen molar-refractivity contribution >= 4 is 11.6 Å². The molecule has 0 amide bonds. The Bertz CT molecular complexity index is 895. The molecule has 1 atom stereocenters. The molecule has 1 aromatic heterocycles. The monoisotopic (exact) mass is 368 g/mol. The average Bonchev–Trinajstić information content (AvgIpc) is 3.26. The molecule has 2 aromatic carbocycles. The van der Waals surface area contributed by atoms with E-state index >= 15 is 0 Å². The Morgan fingerprint density at radius 3 is 2.88 bits per heavy atom. The van der Waals surface area contributed by atoms with Crippen LogP contribution < -0.4 is 0 Å². The molecule has 3 aromatic rings. The Kier molecular flexibility index (Phi) is 5.02. The van der Waals surface area contributed by atoms with Gasteiger partial charge in [0.25, 0.3) is 0 Å². The molecule has 0 bridgehead atoms. The van der Waals surface area contributed by atoms with E-state index in [1.807, 2.05) is 35.1 Å². The number of rotatable bonds is 5. The molecule has 0 radical (unpaired) electrons. The van der Waals surface area contributed by atoms with Crippen molar-refractivity contribution in [2.24, 2.45) is 0 Å². The van der Waals surface area contributed by atoms with Crippen LogP contribution in [0.25, 0.3) is 0 Å².